The molecule has 1 N–H and O–H groups in total. The molecule has 0 radical (unpaired) electrons. The van der Waals surface area contributed by atoms with E-state index >= 15 is 0 Å². The summed E-state index contributed by atoms with van der Waals surface area (Å²) in [5.41, 5.74) is 3.34. The van der Waals surface area contributed by atoms with Crippen molar-refractivity contribution in [2.45, 2.75) is 44.8 Å². The van der Waals surface area contributed by atoms with E-state index in [1.165, 1.54) is 12.1 Å². The largest absolute Gasteiger partial charge is 0.493 e. The van der Waals surface area contributed by atoms with E-state index in [0.29, 0.717) is 31.1 Å². The van der Waals surface area contributed by atoms with Crippen LogP contribution in [0.25, 0.3) is 17.2 Å². The van der Waals surface area contributed by atoms with Gasteiger partial charge in [-0.3, -0.25) is 4.79 Å². The maximum absolute atomic E-state index is 13.7. The van der Waals surface area contributed by atoms with Crippen molar-refractivity contribution in [2.24, 2.45) is 0 Å². The van der Waals surface area contributed by atoms with Crippen LogP contribution in [0.2, 0.25) is 0 Å². The molecular formula is C26H31FO6. The number of ether oxygens (including phenoxy) is 4. The number of cyclic esters (lactones) is 1. The number of carbonyl (C=O) groups is 1. The van der Waals surface area contributed by atoms with E-state index in [9.17, 15) is 14.3 Å². The molecule has 0 aromatic heterocycles. The Kier molecular flexibility index (Phi) is 8.47. The van der Waals surface area contributed by atoms with Crippen molar-refractivity contribution in [3.8, 4) is 22.6 Å². The zero-order valence-electron chi connectivity index (χ0n) is 19.5. The van der Waals surface area contributed by atoms with Gasteiger partial charge in [-0.15, -0.1) is 0 Å². The zero-order chi connectivity index (χ0) is 24.0. The van der Waals surface area contributed by atoms with Gasteiger partial charge in [0.15, 0.2) is 11.5 Å². The van der Waals surface area contributed by atoms with Crippen LogP contribution in [0.5, 0.6) is 11.5 Å². The number of benzene rings is 2. The van der Waals surface area contributed by atoms with E-state index in [2.05, 4.69) is 13.8 Å². The molecule has 178 valence electrons. The summed E-state index contributed by atoms with van der Waals surface area (Å²) >= 11 is 0. The fraction of sp³-hybridized carbons (Fsp3) is 0.423. The van der Waals surface area contributed by atoms with E-state index in [0.717, 1.165) is 22.3 Å². The van der Waals surface area contributed by atoms with Gasteiger partial charge in [-0.1, -0.05) is 32.1 Å². The van der Waals surface area contributed by atoms with Gasteiger partial charge in [0.25, 0.3) is 0 Å². The van der Waals surface area contributed by atoms with Crippen LogP contribution >= 0.6 is 0 Å². The molecule has 6 nitrogen and oxygen atoms in total. The van der Waals surface area contributed by atoms with Gasteiger partial charge in [-0.25, -0.2) is 4.39 Å². The Bertz CT molecular complexity index is 983. The summed E-state index contributed by atoms with van der Waals surface area (Å²) in [6, 6.07) is 8.12. The number of aliphatic hydroxyl groups excluding tert-OH is 1. The van der Waals surface area contributed by atoms with Crippen LogP contribution in [0.1, 0.15) is 43.7 Å². The maximum atomic E-state index is 13.7. The molecule has 0 aliphatic carbocycles. The van der Waals surface area contributed by atoms with Gasteiger partial charge < -0.3 is 24.1 Å². The first-order valence-corrected chi connectivity index (χ1v) is 11.0. The fourth-order valence-electron chi connectivity index (χ4n) is 3.89. The summed E-state index contributed by atoms with van der Waals surface area (Å²) in [7, 11) is 3.17. The normalized spacial score (nSPS) is 18.6. The topological polar surface area (TPSA) is 74.2 Å². The molecule has 2 aromatic rings. The average Bonchev–Trinajstić information content (AvgIpc) is 2.77. The van der Waals surface area contributed by atoms with Gasteiger partial charge >= 0.3 is 5.97 Å². The molecule has 1 aliphatic heterocycles. The zero-order valence-corrected chi connectivity index (χ0v) is 19.5. The lowest BCUT2D eigenvalue weighted by Gasteiger charge is -2.25. The second-order valence-electron chi connectivity index (χ2n) is 8.27. The first-order valence-electron chi connectivity index (χ1n) is 11.0. The van der Waals surface area contributed by atoms with E-state index in [1.54, 1.807) is 32.4 Å². The Morgan fingerprint density at radius 1 is 1.21 bits per heavy atom. The predicted molar refractivity (Wildman–Crippen MR) is 124 cm³/mol. The molecule has 2 aromatic carbocycles. The van der Waals surface area contributed by atoms with Gasteiger partial charge in [0.1, 0.15) is 18.5 Å². The molecule has 2 atom stereocenters. The SMILES string of the molecule is COCCOc1c(OC)cc(C(C)C)c(C=C[C@H]2C[C@H](O)CC(=O)O2)c1-c1ccc(F)cc1. The average molecular weight is 459 g/mol. The number of halogens is 1. The second kappa shape index (κ2) is 11.3. The Morgan fingerprint density at radius 2 is 1.94 bits per heavy atom. The molecule has 1 heterocycles. The molecule has 7 heteroatoms. The van der Waals surface area contributed by atoms with Gasteiger partial charge in [0.2, 0.25) is 0 Å². The van der Waals surface area contributed by atoms with E-state index < -0.39 is 18.2 Å². The smallest absolute Gasteiger partial charge is 0.309 e. The number of methoxy groups -OCH3 is 2. The lowest BCUT2D eigenvalue weighted by Crippen LogP contribution is -2.31. The Balaban J connectivity index is 2.19. The van der Waals surface area contributed by atoms with Gasteiger partial charge in [0, 0.05) is 19.1 Å². The van der Waals surface area contributed by atoms with Gasteiger partial charge in [-0.2, -0.15) is 0 Å². The quantitative estimate of drug-likeness (QED) is 0.433. The minimum absolute atomic E-state index is 0.00242. The Morgan fingerprint density at radius 3 is 2.55 bits per heavy atom. The molecule has 3 rings (SSSR count). The van der Waals surface area contributed by atoms with Crippen LogP contribution in [0.4, 0.5) is 4.39 Å². The number of hydrogen-bond acceptors (Lipinski definition) is 6. The van der Waals surface area contributed by atoms with Crippen LogP contribution in [-0.4, -0.2) is 50.7 Å². The summed E-state index contributed by atoms with van der Waals surface area (Å²) in [5.74, 6) is 0.444. The van der Waals surface area contributed by atoms with E-state index in [1.807, 2.05) is 12.1 Å². The second-order valence-corrected chi connectivity index (χ2v) is 8.27. The molecule has 0 bridgehead atoms. The number of esters is 1. The summed E-state index contributed by atoms with van der Waals surface area (Å²) in [4.78, 5) is 11.8. The molecule has 0 unspecified atom stereocenters. The van der Waals surface area contributed by atoms with Crippen LogP contribution in [0.15, 0.2) is 36.4 Å². The lowest BCUT2D eigenvalue weighted by atomic mass is 9.88. The number of aliphatic hydroxyl groups is 1. The van der Waals surface area contributed by atoms with E-state index in [-0.39, 0.29) is 18.2 Å². The highest BCUT2D eigenvalue weighted by molar-refractivity contribution is 5.85. The number of hydrogen-bond donors (Lipinski definition) is 1. The third-order valence-corrected chi connectivity index (χ3v) is 5.49. The minimum Gasteiger partial charge on any atom is -0.493 e. The predicted octanol–water partition coefficient (Wildman–Crippen LogP) is 4.73. The highest BCUT2D eigenvalue weighted by Gasteiger charge is 2.26. The first kappa shape index (κ1) is 24.7. The molecule has 33 heavy (non-hydrogen) atoms. The van der Waals surface area contributed by atoms with Crippen molar-refractivity contribution in [3.05, 3.63) is 53.4 Å². The Hall–Kier alpha value is -2.90. The summed E-state index contributed by atoms with van der Waals surface area (Å²) < 4.78 is 36.0. The van der Waals surface area contributed by atoms with Crippen LogP contribution < -0.4 is 9.47 Å². The lowest BCUT2D eigenvalue weighted by molar-refractivity contribution is -0.156. The van der Waals surface area contributed by atoms with Crippen molar-refractivity contribution < 1.29 is 33.2 Å². The number of rotatable bonds is 9. The first-order chi connectivity index (χ1) is 15.8. The van der Waals surface area contributed by atoms with Crippen LogP contribution in [-0.2, 0) is 14.3 Å². The van der Waals surface area contributed by atoms with Gasteiger partial charge in [0.05, 0.1) is 26.2 Å². The van der Waals surface area contributed by atoms with Crippen molar-refractivity contribution in [1.82, 2.24) is 0 Å². The third-order valence-electron chi connectivity index (χ3n) is 5.49. The maximum Gasteiger partial charge on any atom is 0.309 e. The summed E-state index contributed by atoms with van der Waals surface area (Å²) in [6.45, 7) is 4.82. The monoisotopic (exact) mass is 458 g/mol. The molecule has 0 saturated carbocycles. The third kappa shape index (κ3) is 6.12. The molecule has 0 spiro atoms. The molecule has 1 fully saturated rings. The van der Waals surface area contributed by atoms with Crippen molar-refractivity contribution >= 4 is 12.0 Å². The van der Waals surface area contributed by atoms with Crippen LogP contribution in [0.3, 0.4) is 0 Å². The molecular weight excluding hydrogens is 427 g/mol. The summed E-state index contributed by atoms with van der Waals surface area (Å²) in [6.07, 6.45) is 2.72. The molecule has 0 amide bonds. The standard InChI is InChI=1S/C26H31FO6/c1-16(2)22-15-23(31-4)26(32-12-11-30-3)25(17-5-7-18(27)8-6-17)21(22)10-9-20-13-19(28)14-24(29)33-20/h5-10,15-16,19-20,28H,11-14H2,1-4H3/t19-,20-/m0/s1. The number of carbonyl (C=O) groups excluding carboxylic acids is 1. The fourth-order valence-corrected chi connectivity index (χ4v) is 3.89. The minimum atomic E-state index is -0.731. The van der Waals surface area contributed by atoms with Crippen molar-refractivity contribution in [3.63, 3.8) is 0 Å². The molecule has 1 saturated heterocycles. The van der Waals surface area contributed by atoms with Gasteiger partial charge in [-0.05, 0) is 46.9 Å². The van der Waals surface area contributed by atoms with Crippen molar-refractivity contribution in [2.75, 3.05) is 27.4 Å². The highest BCUT2D eigenvalue weighted by Crippen LogP contribution is 2.45. The van der Waals surface area contributed by atoms with Crippen molar-refractivity contribution in [1.29, 1.82) is 0 Å². The Labute approximate surface area is 193 Å². The van der Waals surface area contributed by atoms with E-state index in [4.69, 9.17) is 18.9 Å². The molecule has 1 aliphatic rings. The van der Waals surface area contributed by atoms with Crippen LogP contribution in [0, 0.1) is 5.82 Å². The highest BCUT2D eigenvalue weighted by atomic mass is 19.1. The summed E-state index contributed by atoms with van der Waals surface area (Å²) in [5, 5.41) is 9.96.